The number of rotatable bonds is 9. The molecule has 3 heterocycles. The molecule has 0 saturated carbocycles. The molecule has 210 valence electrons. The quantitative estimate of drug-likeness (QED) is 0.278. The summed E-state index contributed by atoms with van der Waals surface area (Å²) in [4.78, 5) is 30.7. The Kier molecular flexibility index (Phi) is 7.39. The van der Waals surface area contributed by atoms with Gasteiger partial charge in [-0.15, -0.1) is 6.58 Å². The highest BCUT2D eigenvalue weighted by Gasteiger charge is 2.45. The number of nitrogens with one attached hydrogen (secondary N) is 3. The van der Waals surface area contributed by atoms with Crippen molar-refractivity contribution in [1.82, 2.24) is 24.9 Å². The number of anilines is 2. The number of hydrogen-bond donors (Lipinski definition) is 3. The summed E-state index contributed by atoms with van der Waals surface area (Å²) < 4.78 is 7.18. The summed E-state index contributed by atoms with van der Waals surface area (Å²) in [5.74, 6) is 0.191. The van der Waals surface area contributed by atoms with Gasteiger partial charge in [0.2, 0.25) is 0 Å². The minimum Gasteiger partial charge on any atom is -0.358 e. The van der Waals surface area contributed by atoms with Gasteiger partial charge in [0.25, 0.3) is 5.91 Å². The molecule has 0 spiro atoms. The molecular formula is C30H37N7O3. The van der Waals surface area contributed by atoms with Crippen molar-refractivity contribution in [2.45, 2.75) is 44.3 Å². The second kappa shape index (κ2) is 10.8. The van der Waals surface area contributed by atoms with Crippen LogP contribution in [0.2, 0.25) is 0 Å². The Morgan fingerprint density at radius 2 is 1.88 bits per heavy atom. The van der Waals surface area contributed by atoms with E-state index in [1.807, 2.05) is 77.5 Å². The number of nitrogens with zero attached hydrogens (tertiary/aromatic N) is 4. The second-order valence-corrected chi connectivity index (χ2v) is 11.1. The summed E-state index contributed by atoms with van der Waals surface area (Å²) in [7, 11) is 5.82. The Morgan fingerprint density at radius 3 is 2.50 bits per heavy atom. The summed E-state index contributed by atoms with van der Waals surface area (Å²) >= 11 is 0. The Labute approximate surface area is 235 Å². The maximum Gasteiger partial charge on any atom is 0.319 e. The van der Waals surface area contributed by atoms with E-state index in [0.717, 1.165) is 22.5 Å². The molecule has 0 radical (unpaired) electrons. The standard InChI is InChI=1S/C30H37N7O3/c1-7-24-28(40-24)31-21-15-13-20(14-16-21)27(38)33-26-22-17-37(30(2,3)25(22)36(6)34-26)29(39)32-23(18-35(4)5)19-11-9-8-10-12-19/h7-16,23-24,28,31H,1,17-18H2,2-6H3,(H,32,39)(H,33,34,38)/t23-,24?,28?/m1/s1. The third-order valence-corrected chi connectivity index (χ3v) is 7.45. The third-order valence-electron chi connectivity index (χ3n) is 7.45. The van der Waals surface area contributed by atoms with Crippen molar-refractivity contribution in [1.29, 1.82) is 0 Å². The average Bonchev–Trinajstić information content (AvgIpc) is 3.50. The van der Waals surface area contributed by atoms with Crippen molar-refractivity contribution in [2.24, 2.45) is 7.05 Å². The lowest BCUT2D eigenvalue weighted by Crippen LogP contribution is -2.49. The summed E-state index contributed by atoms with van der Waals surface area (Å²) in [6, 6.07) is 16.8. The van der Waals surface area contributed by atoms with Gasteiger partial charge in [0.05, 0.1) is 23.8 Å². The molecule has 3 amide bonds. The molecule has 1 saturated heterocycles. The predicted molar refractivity (Wildman–Crippen MR) is 155 cm³/mol. The number of aromatic nitrogens is 2. The molecule has 0 aliphatic carbocycles. The molecule has 1 aromatic heterocycles. The Morgan fingerprint density at radius 1 is 1.18 bits per heavy atom. The van der Waals surface area contributed by atoms with Crippen LogP contribution in [0.15, 0.2) is 67.3 Å². The number of likely N-dealkylation sites (N-methyl/N-ethyl adjacent to an activating group) is 1. The highest BCUT2D eigenvalue weighted by molar-refractivity contribution is 6.04. The van der Waals surface area contributed by atoms with Gasteiger partial charge in [0.1, 0.15) is 6.10 Å². The predicted octanol–water partition coefficient (Wildman–Crippen LogP) is 4.06. The van der Waals surface area contributed by atoms with E-state index in [1.165, 1.54) is 0 Å². The molecule has 0 bridgehead atoms. The molecule has 3 N–H and O–H groups in total. The van der Waals surface area contributed by atoms with Crippen LogP contribution in [0.3, 0.4) is 0 Å². The van der Waals surface area contributed by atoms with Gasteiger partial charge in [-0.2, -0.15) is 5.10 Å². The molecule has 40 heavy (non-hydrogen) atoms. The van der Waals surface area contributed by atoms with Gasteiger partial charge < -0.3 is 30.5 Å². The van der Waals surface area contributed by atoms with Gasteiger partial charge in [0.15, 0.2) is 12.0 Å². The molecule has 2 unspecified atom stereocenters. The van der Waals surface area contributed by atoms with Gasteiger partial charge in [-0.3, -0.25) is 9.48 Å². The van der Waals surface area contributed by atoms with Crippen LogP contribution in [0, 0.1) is 0 Å². The second-order valence-electron chi connectivity index (χ2n) is 11.1. The van der Waals surface area contributed by atoms with Gasteiger partial charge in [-0.05, 0) is 57.8 Å². The van der Waals surface area contributed by atoms with E-state index in [4.69, 9.17) is 4.74 Å². The van der Waals surface area contributed by atoms with E-state index in [1.54, 1.807) is 27.8 Å². The van der Waals surface area contributed by atoms with Crippen molar-refractivity contribution in [3.8, 4) is 0 Å². The van der Waals surface area contributed by atoms with Crippen LogP contribution in [0.4, 0.5) is 16.3 Å². The van der Waals surface area contributed by atoms with Gasteiger partial charge >= 0.3 is 6.03 Å². The van der Waals surface area contributed by atoms with Gasteiger partial charge in [-0.1, -0.05) is 36.4 Å². The van der Waals surface area contributed by atoms with E-state index in [0.29, 0.717) is 24.5 Å². The largest absolute Gasteiger partial charge is 0.358 e. The van der Waals surface area contributed by atoms with Crippen molar-refractivity contribution in [3.63, 3.8) is 0 Å². The van der Waals surface area contributed by atoms with Crippen LogP contribution in [-0.2, 0) is 23.9 Å². The maximum atomic E-state index is 13.7. The molecule has 2 aliphatic heterocycles. The first kappa shape index (κ1) is 27.4. The third kappa shape index (κ3) is 5.45. The average molecular weight is 544 g/mol. The van der Waals surface area contributed by atoms with E-state index in [2.05, 4.69) is 32.5 Å². The molecule has 10 heteroatoms. The first-order chi connectivity index (χ1) is 19.1. The number of carbonyl (C=O) groups excluding carboxylic acids is 2. The molecular weight excluding hydrogens is 506 g/mol. The van der Waals surface area contributed by atoms with Crippen LogP contribution in [-0.4, -0.2) is 64.5 Å². The zero-order valence-corrected chi connectivity index (χ0v) is 23.6. The number of hydrogen-bond acceptors (Lipinski definition) is 6. The molecule has 1 fully saturated rings. The van der Waals surface area contributed by atoms with Gasteiger partial charge in [-0.25, -0.2) is 4.79 Å². The SMILES string of the molecule is C=CC1OC1Nc1ccc(C(=O)Nc2nn(C)c3c2CN(C(=O)N[C@H](CN(C)C)c2ccccc2)C3(C)C)cc1. The van der Waals surface area contributed by atoms with Crippen molar-refractivity contribution in [2.75, 3.05) is 31.3 Å². The maximum absolute atomic E-state index is 13.7. The molecule has 5 rings (SSSR count). The lowest BCUT2D eigenvalue weighted by molar-refractivity contribution is 0.102. The molecule has 2 aromatic carbocycles. The minimum atomic E-state index is -0.634. The van der Waals surface area contributed by atoms with Crippen molar-refractivity contribution >= 4 is 23.4 Å². The number of epoxide rings is 1. The van der Waals surface area contributed by atoms with E-state index in [9.17, 15) is 9.59 Å². The van der Waals surface area contributed by atoms with Crippen LogP contribution < -0.4 is 16.0 Å². The summed E-state index contributed by atoms with van der Waals surface area (Å²) in [5.41, 5.74) is 3.49. The lowest BCUT2D eigenvalue weighted by Gasteiger charge is -2.34. The molecule has 10 nitrogen and oxygen atoms in total. The van der Waals surface area contributed by atoms with Gasteiger partial charge in [0, 0.05) is 30.4 Å². The topological polar surface area (TPSA) is 107 Å². The molecule has 3 atom stereocenters. The van der Waals surface area contributed by atoms with Crippen LogP contribution in [0.5, 0.6) is 0 Å². The Bertz CT molecular complexity index is 1400. The normalized spacial score (nSPS) is 19.6. The summed E-state index contributed by atoms with van der Waals surface area (Å²) in [6.45, 7) is 8.72. The number of carbonyl (C=O) groups is 2. The summed E-state index contributed by atoms with van der Waals surface area (Å²) in [5, 5.41) is 14.0. The fraction of sp³-hybridized carbons (Fsp3) is 0.367. The lowest BCUT2D eigenvalue weighted by atomic mass is 10.0. The van der Waals surface area contributed by atoms with Crippen molar-refractivity contribution in [3.05, 3.63) is 89.6 Å². The highest BCUT2D eigenvalue weighted by atomic mass is 16.6. The zero-order chi connectivity index (χ0) is 28.6. The van der Waals surface area contributed by atoms with Crippen LogP contribution in [0.1, 0.15) is 47.1 Å². The fourth-order valence-corrected chi connectivity index (χ4v) is 5.39. The number of fused-ring (bicyclic) bond motifs is 1. The van der Waals surface area contributed by atoms with E-state index < -0.39 is 5.54 Å². The summed E-state index contributed by atoms with van der Waals surface area (Å²) in [6.07, 6.45) is 1.68. The van der Waals surface area contributed by atoms with Crippen LogP contribution in [0.25, 0.3) is 0 Å². The number of aryl methyl sites for hydroxylation is 1. The minimum absolute atomic E-state index is 0.0114. The number of benzene rings is 2. The van der Waals surface area contributed by atoms with E-state index in [-0.39, 0.29) is 30.3 Å². The highest BCUT2D eigenvalue weighted by Crippen LogP contribution is 2.42. The molecule has 3 aromatic rings. The molecule has 2 aliphatic rings. The first-order valence-electron chi connectivity index (χ1n) is 13.4. The Balaban J connectivity index is 1.30. The van der Waals surface area contributed by atoms with Crippen LogP contribution >= 0.6 is 0 Å². The number of amides is 3. The van der Waals surface area contributed by atoms with E-state index >= 15 is 0 Å². The first-order valence-corrected chi connectivity index (χ1v) is 13.4. The fourth-order valence-electron chi connectivity index (χ4n) is 5.39. The number of ether oxygens (including phenoxy) is 1. The smallest absolute Gasteiger partial charge is 0.319 e. The number of urea groups is 1. The Hall–Kier alpha value is -4.15. The monoisotopic (exact) mass is 543 g/mol. The van der Waals surface area contributed by atoms with Crippen molar-refractivity contribution < 1.29 is 14.3 Å². The zero-order valence-electron chi connectivity index (χ0n) is 23.6.